The summed E-state index contributed by atoms with van der Waals surface area (Å²) in [5, 5.41) is 9.44. The van der Waals surface area contributed by atoms with E-state index < -0.39 is 0 Å². The smallest absolute Gasteiger partial charge is 0.212 e. The summed E-state index contributed by atoms with van der Waals surface area (Å²) >= 11 is 1.61. The second kappa shape index (κ2) is 7.40. The minimum absolute atomic E-state index is 0.0112. The molecule has 0 bridgehead atoms. The Morgan fingerprint density at radius 3 is 2.56 bits per heavy atom. The molecule has 0 saturated heterocycles. The molecule has 4 rings (SSSR count). The van der Waals surface area contributed by atoms with Gasteiger partial charge in [0.1, 0.15) is 11.1 Å². The molecular formula is C19H20N4O3S. The van der Waals surface area contributed by atoms with E-state index >= 15 is 0 Å². The van der Waals surface area contributed by atoms with Crippen LogP contribution in [0.5, 0.6) is 17.2 Å². The maximum atomic E-state index is 5.60. The van der Waals surface area contributed by atoms with Crippen molar-refractivity contribution in [2.24, 2.45) is 0 Å². The molecular weight excluding hydrogens is 364 g/mol. The van der Waals surface area contributed by atoms with Crippen LogP contribution < -0.4 is 19.6 Å². The van der Waals surface area contributed by atoms with E-state index in [-0.39, 0.29) is 5.37 Å². The van der Waals surface area contributed by atoms with E-state index in [2.05, 4.69) is 15.6 Å². The molecule has 0 saturated carbocycles. The summed E-state index contributed by atoms with van der Waals surface area (Å²) in [5.41, 5.74) is 5.50. The zero-order chi connectivity index (χ0) is 18.8. The van der Waals surface area contributed by atoms with Crippen molar-refractivity contribution in [3.63, 3.8) is 0 Å². The van der Waals surface area contributed by atoms with Gasteiger partial charge in [0.05, 0.1) is 20.8 Å². The van der Waals surface area contributed by atoms with Crippen LogP contribution in [0.3, 0.4) is 0 Å². The maximum Gasteiger partial charge on any atom is 0.212 e. The monoisotopic (exact) mass is 384 g/mol. The van der Waals surface area contributed by atoms with Gasteiger partial charge in [-0.25, -0.2) is 4.68 Å². The lowest BCUT2D eigenvalue weighted by molar-refractivity contribution is 0.310. The number of benzene rings is 2. The standard InChI is InChI=1S/C19H20N4O3S/c1-4-26-15-10-7-13(11-16(15)25-3)18-22-23-17(20-21-19(23)27-18)12-5-8-14(24-2)9-6-12/h5-11,18,22H,4H2,1-3H3. The van der Waals surface area contributed by atoms with Crippen molar-refractivity contribution in [3.8, 4) is 28.6 Å². The van der Waals surface area contributed by atoms with Crippen LogP contribution in [0.1, 0.15) is 17.9 Å². The predicted molar refractivity (Wildman–Crippen MR) is 104 cm³/mol. The van der Waals surface area contributed by atoms with Crippen LogP contribution in [0.4, 0.5) is 0 Å². The fourth-order valence-electron chi connectivity index (χ4n) is 2.90. The molecule has 0 radical (unpaired) electrons. The van der Waals surface area contributed by atoms with Crippen molar-refractivity contribution >= 4 is 11.8 Å². The van der Waals surface area contributed by atoms with E-state index in [0.29, 0.717) is 6.61 Å². The Morgan fingerprint density at radius 1 is 1.04 bits per heavy atom. The summed E-state index contributed by atoms with van der Waals surface area (Å²) in [6.45, 7) is 2.55. The van der Waals surface area contributed by atoms with Crippen molar-refractivity contribution < 1.29 is 14.2 Å². The van der Waals surface area contributed by atoms with Gasteiger partial charge in [0.15, 0.2) is 17.3 Å². The number of hydrogen-bond donors (Lipinski definition) is 1. The summed E-state index contributed by atoms with van der Waals surface area (Å²) in [7, 11) is 3.30. The first-order valence-electron chi connectivity index (χ1n) is 8.57. The molecule has 2 aromatic carbocycles. The maximum absolute atomic E-state index is 5.60. The third-order valence-corrected chi connectivity index (χ3v) is 5.33. The highest BCUT2D eigenvalue weighted by Gasteiger charge is 2.28. The van der Waals surface area contributed by atoms with E-state index in [4.69, 9.17) is 14.2 Å². The lowest BCUT2D eigenvalue weighted by Crippen LogP contribution is -2.14. The second-order valence-corrected chi connectivity index (χ2v) is 6.91. The van der Waals surface area contributed by atoms with E-state index in [9.17, 15) is 0 Å². The van der Waals surface area contributed by atoms with Crippen molar-refractivity contribution in [2.45, 2.75) is 17.5 Å². The van der Waals surface area contributed by atoms with E-state index in [1.807, 2.05) is 54.1 Å². The third-order valence-electron chi connectivity index (χ3n) is 4.24. The van der Waals surface area contributed by atoms with Gasteiger partial charge in [-0.05, 0) is 48.9 Å². The van der Waals surface area contributed by atoms with Gasteiger partial charge in [-0.15, -0.1) is 10.2 Å². The van der Waals surface area contributed by atoms with Crippen molar-refractivity contribution in [3.05, 3.63) is 48.0 Å². The number of ether oxygens (including phenoxy) is 3. The number of aromatic nitrogens is 3. The van der Waals surface area contributed by atoms with Crippen LogP contribution in [0.2, 0.25) is 0 Å². The van der Waals surface area contributed by atoms with Gasteiger partial charge in [-0.2, -0.15) is 0 Å². The Morgan fingerprint density at radius 2 is 1.85 bits per heavy atom. The Labute approximate surface area is 161 Å². The van der Waals surface area contributed by atoms with Gasteiger partial charge < -0.3 is 19.6 Å². The molecule has 1 aliphatic rings. The summed E-state index contributed by atoms with van der Waals surface area (Å²) in [4.78, 5) is 0. The molecule has 1 aromatic heterocycles. The molecule has 1 unspecified atom stereocenters. The van der Waals surface area contributed by atoms with Crippen LogP contribution in [0.25, 0.3) is 11.4 Å². The number of nitrogens with one attached hydrogen (secondary N) is 1. The SMILES string of the molecule is CCOc1ccc(C2Nn3c(nnc3-c3ccc(OC)cc3)S2)cc1OC. The molecule has 1 atom stereocenters. The lowest BCUT2D eigenvalue weighted by Gasteiger charge is -2.15. The van der Waals surface area contributed by atoms with Crippen molar-refractivity contribution in [2.75, 3.05) is 26.3 Å². The number of methoxy groups -OCH3 is 2. The minimum Gasteiger partial charge on any atom is -0.497 e. The fourth-order valence-corrected chi connectivity index (χ4v) is 3.89. The first-order chi connectivity index (χ1) is 13.2. The van der Waals surface area contributed by atoms with Crippen LogP contribution in [-0.2, 0) is 0 Å². The summed E-state index contributed by atoms with van der Waals surface area (Å²) < 4.78 is 18.2. The Hall–Kier alpha value is -2.87. The number of hydrogen-bond acceptors (Lipinski definition) is 7. The van der Waals surface area contributed by atoms with E-state index in [1.165, 1.54) is 0 Å². The molecule has 0 amide bonds. The van der Waals surface area contributed by atoms with Crippen LogP contribution in [0.15, 0.2) is 47.6 Å². The Bertz CT molecular complexity index is 943. The van der Waals surface area contributed by atoms with Gasteiger partial charge in [0, 0.05) is 5.56 Å². The average Bonchev–Trinajstić information content (AvgIpc) is 3.29. The number of rotatable bonds is 6. The van der Waals surface area contributed by atoms with Gasteiger partial charge in [0.25, 0.3) is 0 Å². The molecule has 2 heterocycles. The van der Waals surface area contributed by atoms with Gasteiger partial charge in [-0.3, -0.25) is 0 Å². The highest BCUT2D eigenvalue weighted by Crippen LogP contribution is 2.42. The highest BCUT2D eigenvalue weighted by atomic mass is 32.2. The minimum atomic E-state index is 0.0112. The lowest BCUT2D eigenvalue weighted by atomic mass is 10.2. The zero-order valence-corrected chi connectivity index (χ0v) is 16.1. The number of fused-ring (bicyclic) bond motifs is 1. The largest absolute Gasteiger partial charge is 0.497 e. The topological polar surface area (TPSA) is 70.4 Å². The van der Waals surface area contributed by atoms with Gasteiger partial charge >= 0.3 is 0 Å². The molecule has 1 N–H and O–H groups in total. The molecule has 0 spiro atoms. The van der Waals surface area contributed by atoms with Crippen LogP contribution in [-0.4, -0.2) is 35.7 Å². The highest BCUT2D eigenvalue weighted by molar-refractivity contribution is 7.99. The molecule has 8 heteroatoms. The predicted octanol–water partition coefficient (Wildman–Crippen LogP) is 3.71. The van der Waals surface area contributed by atoms with Crippen molar-refractivity contribution in [1.29, 1.82) is 0 Å². The summed E-state index contributed by atoms with van der Waals surface area (Å²) in [6.07, 6.45) is 0. The first-order valence-corrected chi connectivity index (χ1v) is 9.45. The second-order valence-electron chi connectivity index (χ2n) is 5.84. The van der Waals surface area contributed by atoms with Crippen molar-refractivity contribution in [1.82, 2.24) is 14.9 Å². The van der Waals surface area contributed by atoms with E-state index in [1.54, 1.807) is 26.0 Å². The van der Waals surface area contributed by atoms with E-state index in [0.717, 1.165) is 39.4 Å². The molecule has 140 valence electrons. The molecule has 0 aliphatic carbocycles. The summed E-state index contributed by atoms with van der Waals surface area (Å²) in [5.74, 6) is 3.03. The quantitative estimate of drug-likeness (QED) is 0.695. The molecule has 0 fully saturated rings. The third kappa shape index (κ3) is 3.28. The zero-order valence-electron chi connectivity index (χ0n) is 15.3. The Balaban J connectivity index is 1.59. The molecule has 27 heavy (non-hydrogen) atoms. The molecule has 7 nitrogen and oxygen atoms in total. The van der Waals surface area contributed by atoms with Gasteiger partial charge in [-0.1, -0.05) is 17.8 Å². The number of thioether (sulfide) groups is 1. The van der Waals surface area contributed by atoms with Gasteiger partial charge in [0.2, 0.25) is 5.16 Å². The summed E-state index contributed by atoms with van der Waals surface area (Å²) in [6, 6.07) is 13.7. The normalized spacial score (nSPS) is 15.1. The number of nitrogens with zero attached hydrogens (tertiary/aromatic N) is 3. The van der Waals surface area contributed by atoms with Crippen LogP contribution in [0, 0.1) is 0 Å². The Kier molecular flexibility index (Phi) is 4.81. The average molecular weight is 384 g/mol. The molecule has 1 aliphatic heterocycles. The fraction of sp³-hybridized carbons (Fsp3) is 0.263. The molecule has 3 aromatic rings. The van der Waals surface area contributed by atoms with Crippen LogP contribution >= 0.6 is 11.8 Å². The first kappa shape index (κ1) is 17.5.